The van der Waals surface area contributed by atoms with Gasteiger partial charge in [-0.05, 0) is 38.5 Å². The zero-order chi connectivity index (χ0) is 17.9. The summed E-state index contributed by atoms with van der Waals surface area (Å²) in [7, 11) is 1.40. The fourth-order valence-electron chi connectivity index (χ4n) is 2.05. The van der Waals surface area contributed by atoms with E-state index < -0.39 is 6.10 Å². The van der Waals surface area contributed by atoms with Crippen molar-refractivity contribution < 1.29 is 14.6 Å². The van der Waals surface area contributed by atoms with Crippen LogP contribution in [0, 0.1) is 0 Å². The van der Waals surface area contributed by atoms with E-state index in [1.54, 1.807) is 6.08 Å². The monoisotopic (exact) mass is 334 g/mol. The molecule has 0 radical (unpaired) electrons. The Hall–Kier alpha value is -1.61. The van der Waals surface area contributed by atoms with Crippen molar-refractivity contribution in [1.29, 1.82) is 0 Å². The van der Waals surface area contributed by atoms with Crippen LogP contribution in [0.2, 0.25) is 0 Å². The van der Waals surface area contributed by atoms with Crippen molar-refractivity contribution in [2.24, 2.45) is 0 Å². The van der Waals surface area contributed by atoms with Gasteiger partial charge < -0.3 is 9.84 Å². The second kappa shape index (κ2) is 17.7. The molecule has 0 unspecified atom stereocenters. The highest BCUT2D eigenvalue weighted by atomic mass is 16.5. The first-order valence-corrected chi connectivity index (χ1v) is 9.08. The summed E-state index contributed by atoms with van der Waals surface area (Å²) >= 11 is 0. The Balaban J connectivity index is 3.64. The second-order valence-electron chi connectivity index (χ2n) is 5.76. The number of unbranched alkanes of at least 4 members (excludes halogenated alkanes) is 4. The van der Waals surface area contributed by atoms with Gasteiger partial charge in [0.15, 0.2) is 0 Å². The van der Waals surface area contributed by atoms with Gasteiger partial charge in [-0.2, -0.15) is 0 Å². The molecule has 136 valence electrons. The van der Waals surface area contributed by atoms with Crippen molar-refractivity contribution in [3.8, 4) is 0 Å². The maximum atomic E-state index is 10.9. The van der Waals surface area contributed by atoms with Gasteiger partial charge in [-0.25, -0.2) is 0 Å². The summed E-state index contributed by atoms with van der Waals surface area (Å²) < 4.78 is 4.57. The highest BCUT2D eigenvalue weighted by Crippen LogP contribution is 2.02. The summed E-state index contributed by atoms with van der Waals surface area (Å²) in [5.74, 6) is -0.172. The number of carbonyl (C=O) groups is 1. The molecule has 0 aliphatic carbocycles. The van der Waals surface area contributed by atoms with Gasteiger partial charge in [-0.3, -0.25) is 4.79 Å². The normalized spacial score (nSPS) is 13.6. The standard InChI is InChI=1S/C21H34O3/c1-3-4-5-6-7-8-9-10-11-14-17-20(22)18-15-12-13-16-19-21(23)24-2/h7-8,10-12,14-15,17,20,22H,3-6,9,13,16,18-19H2,1-2H3/b8-7-,11-10-,15-12-,17-14+/t20-/m0/s1. The van der Waals surface area contributed by atoms with Crippen molar-refractivity contribution >= 4 is 5.97 Å². The van der Waals surface area contributed by atoms with Crippen LogP contribution in [0.5, 0.6) is 0 Å². The number of hydrogen-bond acceptors (Lipinski definition) is 3. The summed E-state index contributed by atoms with van der Waals surface area (Å²) in [6.45, 7) is 2.22. The van der Waals surface area contributed by atoms with E-state index >= 15 is 0 Å². The molecular weight excluding hydrogens is 300 g/mol. The molecule has 0 amide bonds. The topological polar surface area (TPSA) is 46.5 Å². The lowest BCUT2D eigenvalue weighted by Gasteiger charge is -1.99. The third-order valence-electron chi connectivity index (χ3n) is 3.52. The van der Waals surface area contributed by atoms with Crippen molar-refractivity contribution in [3.05, 3.63) is 48.6 Å². The highest BCUT2D eigenvalue weighted by molar-refractivity contribution is 5.69. The number of esters is 1. The molecule has 0 fully saturated rings. The molecule has 0 bridgehead atoms. The van der Waals surface area contributed by atoms with Gasteiger partial charge in [0.25, 0.3) is 0 Å². The van der Waals surface area contributed by atoms with Crippen molar-refractivity contribution in [2.75, 3.05) is 7.11 Å². The van der Waals surface area contributed by atoms with Gasteiger partial charge in [-0.1, -0.05) is 68.4 Å². The second-order valence-corrected chi connectivity index (χ2v) is 5.76. The zero-order valence-electron chi connectivity index (χ0n) is 15.3. The average molecular weight is 335 g/mol. The Labute approximate surface area is 147 Å². The predicted molar refractivity (Wildman–Crippen MR) is 102 cm³/mol. The molecule has 0 spiro atoms. The van der Waals surface area contributed by atoms with Crippen LogP contribution < -0.4 is 0 Å². The molecule has 0 aromatic heterocycles. The summed E-state index contributed by atoms with van der Waals surface area (Å²) in [5, 5.41) is 9.80. The first kappa shape index (κ1) is 22.4. The highest BCUT2D eigenvalue weighted by Gasteiger charge is 1.97. The van der Waals surface area contributed by atoms with E-state index in [9.17, 15) is 9.90 Å². The molecule has 0 rings (SSSR count). The van der Waals surface area contributed by atoms with Crippen LogP contribution >= 0.6 is 0 Å². The van der Waals surface area contributed by atoms with Crippen molar-refractivity contribution in [3.63, 3.8) is 0 Å². The van der Waals surface area contributed by atoms with Crippen LogP contribution in [0.1, 0.15) is 64.7 Å². The average Bonchev–Trinajstić information content (AvgIpc) is 2.59. The number of allylic oxidation sites excluding steroid dienone is 6. The minimum atomic E-state index is -0.462. The van der Waals surface area contributed by atoms with Crippen molar-refractivity contribution in [2.45, 2.75) is 70.8 Å². The maximum absolute atomic E-state index is 10.9. The molecule has 0 saturated heterocycles. The van der Waals surface area contributed by atoms with Gasteiger partial charge in [-0.15, -0.1) is 0 Å². The zero-order valence-corrected chi connectivity index (χ0v) is 15.3. The molecule has 3 nitrogen and oxygen atoms in total. The summed E-state index contributed by atoms with van der Waals surface area (Å²) in [6, 6.07) is 0. The maximum Gasteiger partial charge on any atom is 0.305 e. The number of rotatable bonds is 14. The molecule has 0 heterocycles. The quantitative estimate of drug-likeness (QED) is 0.203. The van der Waals surface area contributed by atoms with E-state index in [1.807, 2.05) is 24.3 Å². The summed E-state index contributed by atoms with van der Waals surface area (Å²) in [5.41, 5.74) is 0. The van der Waals surface area contributed by atoms with Gasteiger partial charge >= 0.3 is 5.97 Å². The van der Waals surface area contributed by atoms with Gasteiger partial charge in [0.1, 0.15) is 0 Å². The first-order valence-electron chi connectivity index (χ1n) is 9.08. The fourth-order valence-corrected chi connectivity index (χ4v) is 2.05. The van der Waals surface area contributed by atoms with E-state index in [2.05, 4.69) is 29.9 Å². The molecule has 0 aromatic carbocycles. The Bertz CT molecular complexity index is 405. The van der Waals surface area contributed by atoms with Crippen LogP contribution in [-0.4, -0.2) is 24.3 Å². The molecule has 0 aliphatic rings. The number of ether oxygens (including phenoxy) is 1. The fraction of sp³-hybridized carbons (Fsp3) is 0.571. The first-order chi connectivity index (χ1) is 11.7. The lowest BCUT2D eigenvalue weighted by Crippen LogP contribution is -1.99. The third kappa shape index (κ3) is 16.8. The van der Waals surface area contributed by atoms with Gasteiger partial charge in [0.05, 0.1) is 13.2 Å². The van der Waals surface area contributed by atoms with Crippen LogP contribution in [0.15, 0.2) is 48.6 Å². The van der Waals surface area contributed by atoms with Gasteiger partial charge in [0.2, 0.25) is 0 Å². The minimum absolute atomic E-state index is 0.172. The van der Waals surface area contributed by atoms with E-state index in [0.717, 1.165) is 19.3 Å². The Morgan fingerprint density at radius 2 is 1.75 bits per heavy atom. The van der Waals surface area contributed by atoms with E-state index in [-0.39, 0.29) is 5.97 Å². The van der Waals surface area contributed by atoms with Crippen LogP contribution in [0.3, 0.4) is 0 Å². The molecule has 0 aliphatic heterocycles. The molecule has 3 heteroatoms. The lowest BCUT2D eigenvalue weighted by atomic mass is 10.2. The largest absolute Gasteiger partial charge is 0.469 e. The lowest BCUT2D eigenvalue weighted by molar-refractivity contribution is -0.140. The molecule has 0 aromatic rings. The SMILES string of the molecule is CCCCC/C=C\C/C=C\C=C\[C@H](O)C/C=C\CCCC(=O)OC. The molecule has 1 N–H and O–H groups in total. The van der Waals surface area contributed by atoms with Crippen molar-refractivity contribution in [1.82, 2.24) is 0 Å². The molecular formula is C21H34O3. The number of aliphatic hydroxyl groups is 1. The number of methoxy groups -OCH3 is 1. The minimum Gasteiger partial charge on any atom is -0.469 e. The van der Waals surface area contributed by atoms with Crippen LogP contribution in [-0.2, 0) is 9.53 Å². The summed E-state index contributed by atoms with van der Waals surface area (Å²) in [4.78, 5) is 10.9. The van der Waals surface area contributed by atoms with E-state index in [1.165, 1.54) is 32.8 Å². The number of hydrogen-bond donors (Lipinski definition) is 1. The molecule has 1 atom stereocenters. The summed E-state index contributed by atoms with van der Waals surface area (Å²) in [6.07, 6.45) is 24.3. The Morgan fingerprint density at radius 1 is 1.00 bits per heavy atom. The van der Waals surface area contributed by atoms with Crippen LogP contribution in [0.25, 0.3) is 0 Å². The molecule has 0 saturated carbocycles. The molecule has 24 heavy (non-hydrogen) atoms. The third-order valence-corrected chi connectivity index (χ3v) is 3.52. The predicted octanol–water partition coefficient (Wildman–Crippen LogP) is 5.28. The Kier molecular flexibility index (Phi) is 16.5. The number of aliphatic hydroxyl groups excluding tert-OH is 1. The smallest absolute Gasteiger partial charge is 0.305 e. The number of carbonyl (C=O) groups excluding carboxylic acids is 1. The van der Waals surface area contributed by atoms with E-state index in [0.29, 0.717) is 12.8 Å². The van der Waals surface area contributed by atoms with Crippen LogP contribution in [0.4, 0.5) is 0 Å². The van der Waals surface area contributed by atoms with Gasteiger partial charge in [0, 0.05) is 6.42 Å². The van der Waals surface area contributed by atoms with E-state index in [4.69, 9.17) is 0 Å². The Morgan fingerprint density at radius 3 is 2.50 bits per heavy atom.